The first-order chi connectivity index (χ1) is 9.22. The first kappa shape index (κ1) is 13.3. The molecule has 0 radical (unpaired) electrons. The molecule has 3 heterocycles. The van der Waals surface area contributed by atoms with Crippen molar-refractivity contribution in [1.29, 1.82) is 0 Å². The van der Waals surface area contributed by atoms with Crippen LogP contribution in [0.4, 0.5) is 5.82 Å². The van der Waals surface area contributed by atoms with Gasteiger partial charge in [-0.3, -0.25) is 0 Å². The molecule has 1 atom stereocenters. The first-order valence-electron chi connectivity index (χ1n) is 6.75. The molecular formula is C14H18BrN3S. The third kappa shape index (κ3) is 2.27. The number of hydrogen-bond acceptors (Lipinski definition) is 4. The SMILES string of the molecule is Cc1sc2ncnc(N3CCCCC3CBr)c2c1C. The zero-order valence-corrected chi connectivity index (χ0v) is 13.7. The molecule has 0 bridgehead atoms. The lowest BCUT2D eigenvalue weighted by Gasteiger charge is -2.36. The van der Waals surface area contributed by atoms with Crippen LogP contribution in [-0.2, 0) is 0 Å². The van der Waals surface area contributed by atoms with Crippen LogP contribution in [0.15, 0.2) is 6.33 Å². The van der Waals surface area contributed by atoms with E-state index in [9.17, 15) is 0 Å². The van der Waals surface area contributed by atoms with Gasteiger partial charge in [0.2, 0.25) is 0 Å². The molecule has 102 valence electrons. The lowest BCUT2D eigenvalue weighted by molar-refractivity contribution is 0.488. The molecule has 0 amide bonds. The van der Waals surface area contributed by atoms with Crippen molar-refractivity contribution < 1.29 is 0 Å². The van der Waals surface area contributed by atoms with Gasteiger partial charge >= 0.3 is 0 Å². The van der Waals surface area contributed by atoms with Gasteiger partial charge in [-0.15, -0.1) is 11.3 Å². The average Bonchev–Trinajstić information content (AvgIpc) is 2.74. The molecule has 1 fully saturated rings. The topological polar surface area (TPSA) is 29.0 Å². The lowest BCUT2D eigenvalue weighted by atomic mass is 10.0. The van der Waals surface area contributed by atoms with Gasteiger partial charge < -0.3 is 4.90 Å². The van der Waals surface area contributed by atoms with Crippen LogP contribution in [-0.4, -0.2) is 27.9 Å². The predicted molar refractivity (Wildman–Crippen MR) is 85.7 cm³/mol. The van der Waals surface area contributed by atoms with Crippen LogP contribution in [0.2, 0.25) is 0 Å². The maximum absolute atomic E-state index is 4.60. The summed E-state index contributed by atoms with van der Waals surface area (Å²) in [5.74, 6) is 1.14. The molecule has 19 heavy (non-hydrogen) atoms. The van der Waals surface area contributed by atoms with Crippen LogP contribution in [0.3, 0.4) is 0 Å². The van der Waals surface area contributed by atoms with Crippen LogP contribution in [0, 0.1) is 13.8 Å². The van der Waals surface area contributed by atoms with E-state index in [1.165, 1.54) is 35.1 Å². The van der Waals surface area contributed by atoms with E-state index < -0.39 is 0 Å². The number of fused-ring (bicyclic) bond motifs is 1. The highest BCUT2D eigenvalue weighted by molar-refractivity contribution is 9.09. The van der Waals surface area contributed by atoms with Crippen molar-refractivity contribution in [2.45, 2.75) is 39.2 Å². The summed E-state index contributed by atoms with van der Waals surface area (Å²) < 4.78 is 0. The van der Waals surface area contributed by atoms with Crippen LogP contribution >= 0.6 is 27.3 Å². The number of rotatable bonds is 2. The molecular weight excluding hydrogens is 322 g/mol. The van der Waals surface area contributed by atoms with Crippen LogP contribution in [0.1, 0.15) is 29.7 Å². The maximum atomic E-state index is 4.60. The van der Waals surface area contributed by atoms with Gasteiger partial charge in [-0.25, -0.2) is 9.97 Å². The molecule has 0 aliphatic carbocycles. The van der Waals surface area contributed by atoms with Crippen LogP contribution in [0.25, 0.3) is 10.2 Å². The Bertz CT molecular complexity index is 596. The molecule has 1 aliphatic rings. The van der Waals surface area contributed by atoms with Gasteiger partial charge in [0.1, 0.15) is 17.0 Å². The average molecular weight is 340 g/mol. The van der Waals surface area contributed by atoms with Gasteiger partial charge in [0.15, 0.2) is 0 Å². The molecule has 2 aromatic rings. The van der Waals surface area contributed by atoms with E-state index in [0.29, 0.717) is 6.04 Å². The van der Waals surface area contributed by atoms with Crippen molar-refractivity contribution in [2.24, 2.45) is 0 Å². The highest BCUT2D eigenvalue weighted by Crippen LogP contribution is 2.36. The summed E-state index contributed by atoms with van der Waals surface area (Å²) in [5, 5.41) is 2.28. The fourth-order valence-corrected chi connectivity index (χ4v) is 4.49. The van der Waals surface area contributed by atoms with Crippen molar-refractivity contribution in [3.05, 3.63) is 16.8 Å². The number of alkyl halides is 1. The van der Waals surface area contributed by atoms with Crippen molar-refractivity contribution in [1.82, 2.24) is 9.97 Å². The van der Waals surface area contributed by atoms with E-state index in [1.54, 1.807) is 17.7 Å². The fraction of sp³-hybridized carbons (Fsp3) is 0.571. The smallest absolute Gasteiger partial charge is 0.141 e. The van der Waals surface area contributed by atoms with E-state index in [-0.39, 0.29) is 0 Å². The number of anilines is 1. The van der Waals surface area contributed by atoms with E-state index in [0.717, 1.165) is 22.5 Å². The standard InChI is InChI=1S/C14H18BrN3S/c1-9-10(2)19-14-12(9)13(16-8-17-14)18-6-4-3-5-11(18)7-15/h8,11H,3-7H2,1-2H3. The van der Waals surface area contributed by atoms with Crippen LogP contribution in [0.5, 0.6) is 0 Å². The van der Waals surface area contributed by atoms with Crippen molar-refractivity contribution in [3.63, 3.8) is 0 Å². The molecule has 2 aromatic heterocycles. The third-order valence-corrected chi connectivity index (χ3v) is 5.89. The fourth-order valence-electron chi connectivity index (χ4n) is 2.82. The van der Waals surface area contributed by atoms with E-state index in [1.807, 2.05) is 0 Å². The summed E-state index contributed by atoms with van der Waals surface area (Å²) in [4.78, 5) is 14.0. The maximum Gasteiger partial charge on any atom is 0.141 e. The largest absolute Gasteiger partial charge is 0.352 e. The number of hydrogen-bond donors (Lipinski definition) is 0. The Morgan fingerprint density at radius 1 is 1.37 bits per heavy atom. The Hall–Kier alpha value is -0.680. The highest BCUT2D eigenvalue weighted by Gasteiger charge is 2.25. The van der Waals surface area contributed by atoms with Gasteiger partial charge in [-0.1, -0.05) is 15.9 Å². The first-order valence-corrected chi connectivity index (χ1v) is 8.69. The molecule has 0 aromatic carbocycles. The minimum Gasteiger partial charge on any atom is -0.352 e. The van der Waals surface area contributed by atoms with Gasteiger partial charge in [0.05, 0.1) is 5.39 Å². The summed E-state index contributed by atoms with van der Waals surface area (Å²) in [5.41, 5.74) is 1.34. The van der Waals surface area contributed by atoms with Gasteiger partial charge in [0.25, 0.3) is 0 Å². The Labute approximate surface area is 126 Å². The number of halogens is 1. The molecule has 0 saturated carbocycles. The summed E-state index contributed by atoms with van der Waals surface area (Å²) in [7, 11) is 0. The lowest BCUT2D eigenvalue weighted by Crippen LogP contribution is -2.41. The zero-order valence-electron chi connectivity index (χ0n) is 11.3. The Kier molecular flexibility index (Phi) is 3.76. The van der Waals surface area contributed by atoms with Gasteiger partial charge in [0, 0.05) is 22.8 Å². The molecule has 3 rings (SSSR count). The van der Waals surface area contributed by atoms with Gasteiger partial charge in [-0.2, -0.15) is 0 Å². The molecule has 3 nitrogen and oxygen atoms in total. The number of thiophene rings is 1. The molecule has 1 unspecified atom stereocenters. The molecule has 1 aliphatic heterocycles. The Morgan fingerprint density at radius 3 is 3.00 bits per heavy atom. The van der Waals surface area contributed by atoms with Crippen molar-refractivity contribution in [2.75, 3.05) is 16.8 Å². The van der Waals surface area contributed by atoms with E-state index in [2.05, 4.69) is 44.6 Å². The van der Waals surface area contributed by atoms with Crippen molar-refractivity contribution >= 4 is 43.3 Å². The second-order valence-electron chi connectivity index (χ2n) is 5.16. The number of nitrogens with zero attached hydrogens (tertiary/aromatic N) is 3. The summed E-state index contributed by atoms with van der Waals surface area (Å²) in [6.07, 6.45) is 5.55. The minimum atomic E-state index is 0.562. The van der Waals surface area contributed by atoms with Crippen molar-refractivity contribution in [3.8, 4) is 0 Å². The Balaban J connectivity index is 2.13. The normalized spacial score (nSPS) is 20.2. The second-order valence-corrected chi connectivity index (χ2v) is 7.01. The molecule has 1 saturated heterocycles. The van der Waals surface area contributed by atoms with Gasteiger partial charge in [-0.05, 0) is 38.7 Å². The number of aryl methyl sites for hydroxylation is 2. The van der Waals surface area contributed by atoms with E-state index >= 15 is 0 Å². The summed E-state index contributed by atoms with van der Waals surface area (Å²) in [6, 6.07) is 0.562. The second kappa shape index (κ2) is 5.37. The van der Waals surface area contributed by atoms with E-state index in [4.69, 9.17) is 0 Å². The molecule has 0 N–H and O–H groups in total. The highest BCUT2D eigenvalue weighted by atomic mass is 79.9. The molecule has 5 heteroatoms. The summed E-state index contributed by atoms with van der Waals surface area (Å²) >= 11 is 5.43. The minimum absolute atomic E-state index is 0.562. The zero-order chi connectivity index (χ0) is 13.4. The monoisotopic (exact) mass is 339 g/mol. The Morgan fingerprint density at radius 2 is 2.21 bits per heavy atom. The number of piperidine rings is 1. The predicted octanol–water partition coefficient (Wildman–Crippen LogP) is 4.06. The van der Waals surface area contributed by atoms with Crippen LogP contribution < -0.4 is 4.90 Å². The third-order valence-electron chi connectivity index (χ3n) is 4.02. The summed E-state index contributed by atoms with van der Waals surface area (Å²) in [6.45, 7) is 5.47. The quantitative estimate of drug-likeness (QED) is 0.772. The number of aromatic nitrogens is 2. The molecule has 0 spiro atoms.